The van der Waals surface area contributed by atoms with E-state index in [1.54, 1.807) is 24.3 Å². The molecule has 84 valence electrons. The van der Waals surface area contributed by atoms with Crippen LogP contribution < -0.4 is 14.6 Å². The van der Waals surface area contributed by atoms with Crippen molar-refractivity contribution in [2.45, 2.75) is 13.3 Å². The predicted octanol–water partition coefficient (Wildman–Crippen LogP) is 1.09. The molecule has 5 nitrogen and oxygen atoms in total. The lowest BCUT2D eigenvalue weighted by Gasteiger charge is -2.10. The highest BCUT2D eigenvalue weighted by Gasteiger charge is 2.07. The lowest BCUT2D eigenvalue weighted by molar-refractivity contribution is 0.319. The summed E-state index contributed by atoms with van der Waals surface area (Å²) >= 11 is 0. The second kappa shape index (κ2) is 4.99. The van der Waals surface area contributed by atoms with E-state index in [9.17, 15) is 8.42 Å². The van der Waals surface area contributed by atoms with Crippen molar-refractivity contribution in [3.05, 3.63) is 24.3 Å². The van der Waals surface area contributed by atoms with E-state index in [0.717, 1.165) is 6.42 Å². The molecule has 15 heavy (non-hydrogen) atoms. The molecule has 1 rings (SSSR count). The highest BCUT2D eigenvalue weighted by molar-refractivity contribution is 7.90. The van der Waals surface area contributed by atoms with Gasteiger partial charge in [-0.15, -0.1) is 0 Å². The van der Waals surface area contributed by atoms with Crippen LogP contribution in [0.5, 0.6) is 5.75 Å². The van der Waals surface area contributed by atoms with Crippen LogP contribution in [0.25, 0.3) is 0 Å². The van der Waals surface area contributed by atoms with Crippen LogP contribution in [0.4, 0.5) is 5.69 Å². The first-order valence-corrected chi connectivity index (χ1v) is 6.10. The fourth-order valence-corrected chi connectivity index (χ4v) is 1.52. The van der Waals surface area contributed by atoms with Gasteiger partial charge in [-0.3, -0.25) is 4.72 Å². The molecule has 6 heteroatoms. The summed E-state index contributed by atoms with van der Waals surface area (Å²) in [7, 11) is -3.75. The molecular formula is C9H14N2O3S. The molecule has 0 fully saturated rings. The Balaban J connectivity index is 2.86. The lowest BCUT2D eigenvalue weighted by Crippen LogP contribution is -2.22. The number of anilines is 1. The zero-order valence-electron chi connectivity index (χ0n) is 8.43. The van der Waals surface area contributed by atoms with Crippen molar-refractivity contribution >= 4 is 15.9 Å². The molecule has 0 aromatic heterocycles. The fourth-order valence-electron chi connectivity index (χ4n) is 1.04. The first-order valence-electron chi connectivity index (χ1n) is 4.55. The number of para-hydroxylation sites is 2. The first kappa shape index (κ1) is 11.8. The van der Waals surface area contributed by atoms with Crippen LogP contribution in [0.15, 0.2) is 24.3 Å². The second-order valence-corrected chi connectivity index (χ2v) is 4.29. The van der Waals surface area contributed by atoms with Crippen molar-refractivity contribution in [3.8, 4) is 5.75 Å². The molecule has 0 heterocycles. The van der Waals surface area contributed by atoms with Gasteiger partial charge in [-0.2, -0.15) is 8.42 Å². The molecule has 1 aromatic rings. The lowest BCUT2D eigenvalue weighted by atomic mass is 10.3. The maximum Gasteiger partial charge on any atom is 0.296 e. The normalized spacial score (nSPS) is 11.1. The van der Waals surface area contributed by atoms with Crippen LogP contribution in [0.1, 0.15) is 13.3 Å². The van der Waals surface area contributed by atoms with Gasteiger partial charge in [-0.1, -0.05) is 19.1 Å². The van der Waals surface area contributed by atoms with Gasteiger partial charge in [-0.05, 0) is 18.6 Å². The monoisotopic (exact) mass is 230 g/mol. The molecule has 0 atom stereocenters. The van der Waals surface area contributed by atoms with Gasteiger partial charge in [0.05, 0.1) is 12.3 Å². The average molecular weight is 230 g/mol. The minimum Gasteiger partial charge on any atom is -0.491 e. The van der Waals surface area contributed by atoms with Crippen molar-refractivity contribution in [1.29, 1.82) is 0 Å². The van der Waals surface area contributed by atoms with E-state index in [1.165, 1.54) is 0 Å². The van der Waals surface area contributed by atoms with Crippen LogP contribution in [-0.4, -0.2) is 15.0 Å². The zero-order chi connectivity index (χ0) is 11.3. The average Bonchev–Trinajstić information content (AvgIpc) is 2.14. The van der Waals surface area contributed by atoms with E-state index in [-0.39, 0.29) is 0 Å². The number of hydrogen-bond donors (Lipinski definition) is 2. The minimum absolute atomic E-state index is 0.355. The topological polar surface area (TPSA) is 81.4 Å². The number of ether oxygens (including phenoxy) is 1. The molecule has 0 spiro atoms. The summed E-state index contributed by atoms with van der Waals surface area (Å²) in [5.41, 5.74) is 0.355. The van der Waals surface area contributed by atoms with Gasteiger partial charge in [0, 0.05) is 0 Å². The molecule has 0 amide bonds. The Labute approximate surface area is 89.4 Å². The number of rotatable bonds is 5. The van der Waals surface area contributed by atoms with Crippen molar-refractivity contribution in [2.75, 3.05) is 11.3 Å². The fraction of sp³-hybridized carbons (Fsp3) is 0.333. The van der Waals surface area contributed by atoms with Crippen LogP contribution >= 0.6 is 0 Å². The van der Waals surface area contributed by atoms with Gasteiger partial charge in [0.15, 0.2) is 0 Å². The maximum absolute atomic E-state index is 10.8. The van der Waals surface area contributed by atoms with Crippen molar-refractivity contribution in [2.24, 2.45) is 5.14 Å². The third kappa shape index (κ3) is 4.18. The van der Waals surface area contributed by atoms with Gasteiger partial charge in [0.25, 0.3) is 10.2 Å². The molecule has 0 bridgehead atoms. The van der Waals surface area contributed by atoms with Crippen LogP contribution in [0.2, 0.25) is 0 Å². The van der Waals surface area contributed by atoms with E-state index in [0.29, 0.717) is 18.0 Å². The largest absolute Gasteiger partial charge is 0.491 e. The molecule has 0 aliphatic carbocycles. The Bertz CT molecular complexity index is 417. The summed E-state index contributed by atoms with van der Waals surface area (Å²) in [6.45, 7) is 2.50. The Morgan fingerprint density at radius 3 is 2.67 bits per heavy atom. The van der Waals surface area contributed by atoms with Gasteiger partial charge < -0.3 is 4.74 Å². The maximum atomic E-state index is 10.8. The standard InChI is InChI=1S/C9H14N2O3S/c1-2-7-14-9-6-4-3-5-8(9)11-15(10,12)13/h3-6,11H,2,7H2,1H3,(H2,10,12,13). The Hall–Kier alpha value is -1.27. The molecule has 0 aliphatic rings. The van der Waals surface area contributed by atoms with Crippen LogP contribution in [-0.2, 0) is 10.2 Å². The van der Waals surface area contributed by atoms with Crippen LogP contribution in [0, 0.1) is 0 Å². The summed E-state index contributed by atoms with van der Waals surface area (Å²) in [5, 5.41) is 4.87. The van der Waals surface area contributed by atoms with E-state index in [1.807, 2.05) is 6.92 Å². The quantitative estimate of drug-likeness (QED) is 0.794. The second-order valence-electron chi connectivity index (χ2n) is 2.99. The van der Waals surface area contributed by atoms with Gasteiger partial charge >= 0.3 is 0 Å². The highest BCUT2D eigenvalue weighted by Crippen LogP contribution is 2.24. The molecule has 1 aromatic carbocycles. The van der Waals surface area contributed by atoms with Crippen molar-refractivity contribution in [1.82, 2.24) is 0 Å². The van der Waals surface area contributed by atoms with Crippen LogP contribution in [0.3, 0.4) is 0 Å². The molecule has 0 saturated carbocycles. The summed E-state index contributed by atoms with van der Waals surface area (Å²) in [6.07, 6.45) is 0.851. The van der Waals surface area contributed by atoms with Gasteiger partial charge in [0.1, 0.15) is 5.75 Å². The van der Waals surface area contributed by atoms with E-state index in [2.05, 4.69) is 4.72 Å². The molecule has 0 aliphatic heterocycles. The van der Waals surface area contributed by atoms with Crippen molar-refractivity contribution < 1.29 is 13.2 Å². The van der Waals surface area contributed by atoms with Gasteiger partial charge in [-0.25, -0.2) is 5.14 Å². The molecule has 3 N–H and O–H groups in total. The number of benzene rings is 1. The molecule has 0 radical (unpaired) electrons. The van der Waals surface area contributed by atoms with E-state index < -0.39 is 10.2 Å². The van der Waals surface area contributed by atoms with Gasteiger partial charge in [0.2, 0.25) is 0 Å². The Morgan fingerprint density at radius 1 is 1.40 bits per heavy atom. The third-order valence-electron chi connectivity index (χ3n) is 1.60. The minimum atomic E-state index is -3.75. The third-order valence-corrected chi connectivity index (χ3v) is 2.11. The number of nitrogens with two attached hydrogens (primary N) is 1. The first-order chi connectivity index (χ1) is 7.03. The molecule has 0 saturated heterocycles. The Kier molecular flexibility index (Phi) is 3.93. The predicted molar refractivity (Wildman–Crippen MR) is 59.0 cm³/mol. The summed E-state index contributed by atoms with van der Waals surface area (Å²) < 4.78 is 29.2. The molecular weight excluding hydrogens is 216 g/mol. The highest BCUT2D eigenvalue weighted by atomic mass is 32.2. The smallest absolute Gasteiger partial charge is 0.296 e. The van der Waals surface area contributed by atoms with Crippen molar-refractivity contribution in [3.63, 3.8) is 0 Å². The number of hydrogen-bond acceptors (Lipinski definition) is 3. The number of nitrogens with one attached hydrogen (secondary N) is 1. The SMILES string of the molecule is CCCOc1ccccc1NS(N)(=O)=O. The zero-order valence-corrected chi connectivity index (χ0v) is 9.25. The summed E-state index contributed by atoms with van der Waals surface area (Å²) in [6, 6.07) is 6.74. The van der Waals surface area contributed by atoms with E-state index in [4.69, 9.17) is 9.88 Å². The Morgan fingerprint density at radius 2 is 2.07 bits per heavy atom. The summed E-state index contributed by atoms with van der Waals surface area (Å²) in [4.78, 5) is 0. The summed E-state index contributed by atoms with van der Waals surface area (Å²) in [5.74, 6) is 0.480. The van der Waals surface area contributed by atoms with E-state index >= 15 is 0 Å². The molecule has 0 unspecified atom stereocenters.